The molecule has 4 rings (SSSR count). The standard InChI is InChI=1S/C18H16N2/c1-19-15-9-5-11-3-4-12-6-10-16(20-2)14-8-7-13(15)17(11)18(12)14/h3-10,19-20H,1-2H3. The molecule has 0 aliphatic heterocycles. The van der Waals surface area contributed by atoms with Crippen LogP contribution in [0.2, 0.25) is 0 Å². The predicted molar refractivity (Wildman–Crippen MR) is 89.2 cm³/mol. The summed E-state index contributed by atoms with van der Waals surface area (Å²) in [6, 6.07) is 17.6. The van der Waals surface area contributed by atoms with Crippen molar-refractivity contribution in [2.45, 2.75) is 0 Å². The number of rotatable bonds is 2. The lowest BCUT2D eigenvalue weighted by molar-refractivity contribution is 1.54. The van der Waals surface area contributed by atoms with Crippen LogP contribution in [0.25, 0.3) is 32.3 Å². The van der Waals surface area contributed by atoms with Crippen molar-refractivity contribution >= 4 is 43.7 Å². The Kier molecular flexibility index (Phi) is 2.27. The van der Waals surface area contributed by atoms with Crippen LogP contribution in [0.5, 0.6) is 0 Å². The van der Waals surface area contributed by atoms with E-state index in [1.165, 1.54) is 43.7 Å². The van der Waals surface area contributed by atoms with Crippen LogP contribution in [0.15, 0.2) is 48.5 Å². The second kappa shape index (κ2) is 4.01. The van der Waals surface area contributed by atoms with Gasteiger partial charge >= 0.3 is 0 Å². The van der Waals surface area contributed by atoms with Gasteiger partial charge in [0.25, 0.3) is 0 Å². The first kappa shape index (κ1) is 11.4. The maximum absolute atomic E-state index is 3.29. The fraction of sp³-hybridized carbons (Fsp3) is 0.111. The summed E-state index contributed by atoms with van der Waals surface area (Å²) in [4.78, 5) is 0. The molecule has 4 aromatic rings. The molecule has 0 bridgehead atoms. The van der Waals surface area contributed by atoms with Crippen molar-refractivity contribution in [3.63, 3.8) is 0 Å². The number of anilines is 2. The maximum Gasteiger partial charge on any atom is 0.0417 e. The Hall–Kier alpha value is -2.48. The normalized spacial score (nSPS) is 11.5. The predicted octanol–water partition coefficient (Wildman–Crippen LogP) is 4.67. The van der Waals surface area contributed by atoms with Crippen molar-refractivity contribution in [3.05, 3.63) is 48.5 Å². The molecule has 0 spiro atoms. The number of benzene rings is 4. The molecule has 0 atom stereocenters. The number of hydrogen-bond acceptors (Lipinski definition) is 2. The molecule has 0 aliphatic carbocycles. The van der Waals surface area contributed by atoms with Gasteiger partial charge < -0.3 is 10.6 Å². The molecule has 0 fully saturated rings. The van der Waals surface area contributed by atoms with E-state index in [-0.39, 0.29) is 0 Å². The second-order valence-electron chi connectivity index (χ2n) is 5.15. The zero-order valence-electron chi connectivity index (χ0n) is 11.6. The van der Waals surface area contributed by atoms with Gasteiger partial charge in [0, 0.05) is 36.2 Å². The van der Waals surface area contributed by atoms with Gasteiger partial charge in [-0.2, -0.15) is 0 Å². The third-order valence-electron chi connectivity index (χ3n) is 4.20. The van der Waals surface area contributed by atoms with E-state index in [0.717, 1.165) is 0 Å². The molecule has 0 radical (unpaired) electrons. The van der Waals surface area contributed by atoms with Gasteiger partial charge in [-0.05, 0) is 33.7 Å². The highest BCUT2D eigenvalue weighted by Crippen LogP contribution is 2.39. The van der Waals surface area contributed by atoms with Crippen molar-refractivity contribution in [1.82, 2.24) is 0 Å². The second-order valence-corrected chi connectivity index (χ2v) is 5.15. The summed E-state index contributed by atoms with van der Waals surface area (Å²) in [5, 5.41) is 14.5. The summed E-state index contributed by atoms with van der Waals surface area (Å²) in [5.41, 5.74) is 2.36. The van der Waals surface area contributed by atoms with E-state index >= 15 is 0 Å². The SMILES string of the molecule is CNc1ccc2ccc3ccc(NC)c4ccc1c2c34. The van der Waals surface area contributed by atoms with Crippen LogP contribution in [0.3, 0.4) is 0 Å². The van der Waals surface area contributed by atoms with Gasteiger partial charge in [0.1, 0.15) is 0 Å². The smallest absolute Gasteiger partial charge is 0.0417 e. The summed E-state index contributed by atoms with van der Waals surface area (Å²) in [5.74, 6) is 0. The average Bonchev–Trinajstić information content (AvgIpc) is 2.52. The minimum atomic E-state index is 1.18. The van der Waals surface area contributed by atoms with E-state index in [2.05, 4.69) is 59.2 Å². The van der Waals surface area contributed by atoms with Crippen molar-refractivity contribution in [2.75, 3.05) is 24.7 Å². The first-order chi connectivity index (χ1) is 9.83. The zero-order chi connectivity index (χ0) is 13.7. The van der Waals surface area contributed by atoms with E-state index in [4.69, 9.17) is 0 Å². The average molecular weight is 260 g/mol. The third kappa shape index (κ3) is 1.33. The zero-order valence-corrected chi connectivity index (χ0v) is 11.6. The van der Waals surface area contributed by atoms with Gasteiger partial charge in [-0.1, -0.05) is 36.4 Å². The maximum atomic E-state index is 3.29. The lowest BCUT2D eigenvalue weighted by atomic mass is 9.93. The summed E-state index contributed by atoms with van der Waals surface area (Å²) >= 11 is 0. The summed E-state index contributed by atoms with van der Waals surface area (Å²) in [7, 11) is 3.95. The van der Waals surface area contributed by atoms with Gasteiger partial charge in [-0.15, -0.1) is 0 Å². The van der Waals surface area contributed by atoms with E-state index < -0.39 is 0 Å². The molecule has 2 N–H and O–H groups in total. The molecule has 0 saturated carbocycles. The van der Waals surface area contributed by atoms with Crippen molar-refractivity contribution in [2.24, 2.45) is 0 Å². The Morgan fingerprint density at radius 1 is 0.550 bits per heavy atom. The molecule has 0 unspecified atom stereocenters. The molecular formula is C18H16N2. The number of hydrogen-bond donors (Lipinski definition) is 2. The minimum Gasteiger partial charge on any atom is -0.388 e. The molecule has 0 amide bonds. The molecule has 0 saturated heterocycles. The monoisotopic (exact) mass is 260 g/mol. The first-order valence-electron chi connectivity index (χ1n) is 6.89. The fourth-order valence-electron chi connectivity index (χ4n) is 3.24. The van der Waals surface area contributed by atoms with Gasteiger partial charge in [-0.25, -0.2) is 0 Å². The molecule has 2 nitrogen and oxygen atoms in total. The van der Waals surface area contributed by atoms with Crippen LogP contribution in [-0.4, -0.2) is 14.1 Å². The van der Waals surface area contributed by atoms with Crippen LogP contribution in [0.1, 0.15) is 0 Å². The lowest BCUT2D eigenvalue weighted by Gasteiger charge is -2.15. The minimum absolute atomic E-state index is 1.18. The Bertz CT molecular complexity index is 848. The molecule has 0 heterocycles. The van der Waals surface area contributed by atoms with Gasteiger partial charge in [0.05, 0.1) is 0 Å². The fourth-order valence-corrected chi connectivity index (χ4v) is 3.24. The van der Waals surface area contributed by atoms with Crippen LogP contribution >= 0.6 is 0 Å². The van der Waals surface area contributed by atoms with Crippen LogP contribution in [0, 0.1) is 0 Å². The van der Waals surface area contributed by atoms with Gasteiger partial charge in [-0.3, -0.25) is 0 Å². The van der Waals surface area contributed by atoms with E-state index in [1.807, 2.05) is 14.1 Å². The summed E-state index contributed by atoms with van der Waals surface area (Å²) < 4.78 is 0. The Morgan fingerprint density at radius 3 is 1.35 bits per heavy atom. The van der Waals surface area contributed by atoms with E-state index in [1.54, 1.807) is 0 Å². The topological polar surface area (TPSA) is 24.1 Å². The summed E-state index contributed by atoms with van der Waals surface area (Å²) in [6.45, 7) is 0. The molecular weight excluding hydrogens is 244 g/mol. The molecule has 4 aromatic carbocycles. The molecule has 2 heteroatoms. The Morgan fingerprint density at radius 2 is 0.950 bits per heavy atom. The Labute approximate surface area is 117 Å². The lowest BCUT2D eigenvalue weighted by Crippen LogP contribution is -1.94. The highest BCUT2D eigenvalue weighted by molar-refractivity contribution is 6.27. The van der Waals surface area contributed by atoms with Gasteiger partial charge in [0.15, 0.2) is 0 Å². The molecule has 0 aromatic heterocycles. The highest BCUT2D eigenvalue weighted by Gasteiger charge is 2.11. The van der Waals surface area contributed by atoms with Crippen LogP contribution in [-0.2, 0) is 0 Å². The van der Waals surface area contributed by atoms with E-state index in [0.29, 0.717) is 0 Å². The largest absolute Gasteiger partial charge is 0.388 e. The first-order valence-corrected chi connectivity index (χ1v) is 6.89. The van der Waals surface area contributed by atoms with Crippen LogP contribution in [0.4, 0.5) is 11.4 Å². The molecule has 20 heavy (non-hydrogen) atoms. The van der Waals surface area contributed by atoms with Crippen molar-refractivity contribution in [1.29, 1.82) is 0 Å². The van der Waals surface area contributed by atoms with Crippen molar-refractivity contribution in [3.8, 4) is 0 Å². The van der Waals surface area contributed by atoms with Crippen molar-refractivity contribution < 1.29 is 0 Å². The highest BCUT2D eigenvalue weighted by atomic mass is 14.8. The third-order valence-corrected chi connectivity index (χ3v) is 4.20. The summed E-state index contributed by atoms with van der Waals surface area (Å²) in [6.07, 6.45) is 0. The Balaban J connectivity index is 2.33. The molecule has 98 valence electrons. The molecule has 0 aliphatic rings. The van der Waals surface area contributed by atoms with Crippen LogP contribution < -0.4 is 10.6 Å². The van der Waals surface area contributed by atoms with Gasteiger partial charge in [0.2, 0.25) is 0 Å². The quantitative estimate of drug-likeness (QED) is 0.512. The number of nitrogens with one attached hydrogen (secondary N) is 2. The van der Waals surface area contributed by atoms with E-state index in [9.17, 15) is 0 Å².